The van der Waals surface area contributed by atoms with Gasteiger partial charge in [-0.25, -0.2) is 4.79 Å². The third-order valence-corrected chi connectivity index (χ3v) is 4.68. The first kappa shape index (κ1) is 17.1. The number of hydrogen-bond donors (Lipinski definition) is 2. The Balaban J connectivity index is 1.87. The third-order valence-electron chi connectivity index (χ3n) is 4.45. The summed E-state index contributed by atoms with van der Waals surface area (Å²) in [7, 11) is 0. The summed E-state index contributed by atoms with van der Waals surface area (Å²) >= 11 is 6.05. The van der Waals surface area contributed by atoms with Gasteiger partial charge in [-0.15, -0.1) is 0 Å². The van der Waals surface area contributed by atoms with Crippen molar-refractivity contribution in [3.05, 3.63) is 34.9 Å². The number of halogens is 1. The Morgan fingerprint density at radius 1 is 1.41 bits per heavy atom. The van der Waals surface area contributed by atoms with Crippen molar-refractivity contribution in [3.8, 4) is 0 Å². The molecule has 1 saturated heterocycles. The number of rotatable bonds is 4. The summed E-state index contributed by atoms with van der Waals surface area (Å²) in [6.45, 7) is 6.40. The zero-order valence-electron chi connectivity index (χ0n) is 13.3. The summed E-state index contributed by atoms with van der Waals surface area (Å²) in [6, 6.07) is 7.74. The second kappa shape index (κ2) is 7.34. The minimum atomic E-state index is -0.177. The van der Waals surface area contributed by atoms with E-state index in [1.54, 1.807) is 0 Å². The van der Waals surface area contributed by atoms with E-state index in [1.165, 1.54) is 0 Å². The Bertz CT molecular complexity index is 511. The molecule has 1 aromatic carbocycles. The molecule has 0 aliphatic carbocycles. The van der Waals surface area contributed by atoms with Gasteiger partial charge in [-0.05, 0) is 36.5 Å². The summed E-state index contributed by atoms with van der Waals surface area (Å²) in [5.74, 6) is 0.340. The average Bonchev–Trinajstić information content (AvgIpc) is 2.53. The maximum atomic E-state index is 12.3. The molecule has 0 aromatic heterocycles. The number of carbonyl (C=O) groups excluding carboxylic acids is 1. The molecule has 2 N–H and O–H groups in total. The Morgan fingerprint density at radius 3 is 2.68 bits per heavy atom. The van der Waals surface area contributed by atoms with Crippen LogP contribution in [0.25, 0.3) is 0 Å². The van der Waals surface area contributed by atoms with Crippen molar-refractivity contribution in [1.82, 2.24) is 10.2 Å². The molecule has 0 bridgehead atoms. The molecular weight excluding hydrogens is 300 g/mol. The molecule has 0 saturated carbocycles. The normalized spacial score (nSPS) is 16.6. The van der Waals surface area contributed by atoms with Gasteiger partial charge < -0.3 is 15.3 Å². The highest BCUT2D eigenvalue weighted by atomic mass is 35.5. The molecule has 5 heteroatoms. The lowest BCUT2D eigenvalue weighted by molar-refractivity contribution is 0.136. The van der Waals surface area contributed by atoms with Crippen molar-refractivity contribution in [1.29, 1.82) is 0 Å². The summed E-state index contributed by atoms with van der Waals surface area (Å²) < 4.78 is 0. The molecule has 1 aliphatic heterocycles. The van der Waals surface area contributed by atoms with Crippen LogP contribution in [0.3, 0.4) is 0 Å². The number of nitrogens with one attached hydrogen (secondary N) is 1. The van der Waals surface area contributed by atoms with Gasteiger partial charge >= 0.3 is 6.03 Å². The van der Waals surface area contributed by atoms with E-state index in [0.717, 1.165) is 18.4 Å². The summed E-state index contributed by atoms with van der Waals surface area (Å²) in [5.41, 5.74) is 0.934. The smallest absolute Gasteiger partial charge is 0.317 e. The van der Waals surface area contributed by atoms with Crippen molar-refractivity contribution < 1.29 is 9.90 Å². The van der Waals surface area contributed by atoms with Gasteiger partial charge in [0.1, 0.15) is 0 Å². The number of likely N-dealkylation sites (tertiary alicyclic amines) is 1. The monoisotopic (exact) mass is 324 g/mol. The van der Waals surface area contributed by atoms with Crippen molar-refractivity contribution >= 4 is 17.6 Å². The van der Waals surface area contributed by atoms with Gasteiger partial charge in [0, 0.05) is 36.7 Å². The molecule has 1 fully saturated rings. The molecule has 0 radical (unpaired) electrons. The fourth-order valence-corrected chi connectivity index (χ4v) is 2.93. The summed E-state index contributed by atoms with van der Waals surface area (Å²) in [4.78, 5) is 14.1. The molecule has 0 spiro atoms. The minimum absolute atomic E-state index is 0.0218. The number of aliphatic hydroxyl groups excluding tert-OH is 1. The zero-order chi connectivity index (χ0) is 16.2. The maximum absolute atomic E-state index is 12.3. The van der Waals surface area contributed by atoms with Crippen molar-refractivity contribution in [2.75, 3.05) is 26.2 Å². The first-order chi connectivity index (χ1) is 10.4. The van der Waals surface area contributed by atoms with Gasteiger partial charge in [-0.3, -0.25) is 0 Å². The SMILES string of the molecule is CC(C)(CNC(=O)N1CCC(CO)CC1)c1cccc(Cl)c1. The number of hydrogen-bond acceptors (Lipinski definition) is 2. The molecule has 2 rings (SSSR count). The number of nitrogens with zero attached hydrogens (tertiary/aromatic N) is 1. The van der Waals surface area contributed by atoms with Gasteiger partial charge in [0.15, 0.2) is 0 Å². The molecule has 22 heavy (non-hydrogen) atoms. The van der Waals surface area contributed by atoms with E-state index in [4.69, 9.17) is 16.7 Å². The van der Waals surface area contributed by atoms with Gasteiger partial charge in [0.05, 0.1) is 0 Å². The summed E-state index contributed by atoms with van der Waals surface area (Å²) in [6.07, 6.45) is 1.75. The third kappa shape index (κ3) is 4.37. The lowest BCUT2D eigenvalue weighted by Gasteiger charge is -2.33. The van der Waals surface area contributed by atoms with Crippen LogP contribution >= 0.6 is 11.6 Å². The van der Waals surface area contributed by atoms with Gasteiger partial charge in [0.25, 0.3) is 0 Å². The molecule has 0 unspecified atom stereocenters. The highest BCUT2D eigenvalue weighted by Gasteiger charge is 2.25. The van der Waals surface area contributed by atoms with Gasteiger partial charge in [-0.2, -0.15) is 0 Å². The molecule has 1 aliphatic rings. The summed E-state index contributed by atoms with van der Waals surface area (Å²) in [5, 5.41) is 12.9. The quantitative estimate of drug-likeness (QED) is 0.894. The van der Waals surface area contributed by atoms with Crippen LogP contribution < -0.4 is 5.32 Å². The van der Waals surface area contributed by atoms with Crippen molar-refractivity contribution in [2.45, 2.75) is 32.1 Å². The largest absolute Gasteiger partial charge is 0.396 e. The Kier molecular flexibility index (Phi) is 5.70. The molecule has 2 amide bonds. The maximum Gasteiger partial charge on any atom is 0.317 e. The number of carbonyl (C=O) groups is 1. The molecule has 4 nitrogen and oxygen atoms in total. The average molecular weight is 325 g/mol. The van der Waals surface area contributed by atoms with Crippen LogP contribution in [0, 0.1) is 5.92 Å². The molecule has 0 atom stereocenters. The van der Waals surface area contributed by atoms with Crippen LogP contribution in [0.2, 0.25) is 5.02 Å². The molecule has 1 heterocycles. The first-order valence-corrected chi connectivity index (χ1v) is 8.20. The molecular formula is C17H25ClN2O2. The number of piperidine rings is 1. The Labute approximate surface area is 137 Å². The van der Waals surface area contributed by atoms with E-state index in [2.05, 4.69) is 19.2 Å². The van der Waals surface area contributed by atoms with E-state index in [1.807, 2.05) is 29.2 Å². The van der Waals surface area contributed by atoms with Crippen molar-refractivity contribution in [3.63, 3.8) is 0 Å². The van der Waals surface area contributed by atoms with Crippen LogP contribution in [0.15, 0.2) is 24.3 Å². The van der Waals surface area contributed by atoms with E-state index in [-0.39, 0.29) is 18.1 Å². The number of amides is 2. The van der Waals surface area contributed by atoms with Crippen molar-refractivity contribution in [2.24, 2.45) is 5.92 Å². The standard InChI is InChI=1S/C17H25ClN2O2/c1-17(2,14-4-3-5-15(18)10-14)12-19-16(22)20-8-6-13(11-21)7-9-20/h3-5,10,13,21H,6-9,11-12H2,1-2H3,(H,19,22). The first-order valence-electron chi connectivity index (χ1n) is 7.82. The number of benzene rings is 1. The number of aliphatic hydroxyl groups is 1. The van der Waals surface area contributed by atoms with Crippen LogP contribution in [-0.4, -0.2) is 42.3 Å². The lowest BCUT2D eigenvalue weighted by atomic mass is 9.84. The van der Waals surface area contributed by atoms with E-state index in [0.29, 0.717) is 30.6 Å². The van der Waals surface area contributed by atoms with Crippen LogP contribution in [-0.2, 0) is 5.41 Å². The fraction of sp³-hybridized carbons (Fsp3) is 0.588. The van der Waals surface area contributed by atoms with Gasteiger partial charge in [0.2, 0.25) is 0 Å². The highest BCUT2D eigenvalue weighted by molar-refractivity contribution is 6.30. The van der Waals surface area contributed by atoms with Crippen LogP contribution in [0.4, 0.5) is 4.79 Å². The zero-order valence-corrected chi connectivity index (χ0v) is 14.1. The number of urea groups is 1. The predicted molar refractivity (Wildman–Crippen MR) is 89.3 cm³/mol. The second-order valence-electron chi connectivity index (χ2n) is 6.67. The van der Waals surface area contributed by atoms with Gasteiger partial charge in [-0.1, -0.05) is 37.6 Å². The second-order valence-corrected chi connectivity index (χ2v) is 7.10. The topological polar surface area (TPSA) is 52.6 Å². The molecule has 122 valence electrons. The van der Waals surface area contributed by atoms with E-state index in [9.17, 15) is 4.79 Å². The Hall–Kier alpha value is -1.26. The minimum Gasteiger partial charge on any atom is -0.396 e. The molecule has 1 aromatic rings. The lowest BCUT2D eigenvalue weighted by Crippen LogP contribution is -2.47. The van der Waals surface area contributed by atoms with E-state index >= 15 is 0 Å². The predicted octanol–water partition coefficient (Wildman–Crippen LogP) is 3.03. The fourth-order valence-electron chi connectivity index (χ4n) is 2.74. The van der Waals surface area contributed by atoms with Crippen LogP contribution in [0.1, 0.15) is 32.3 Å². The highest BCUT2D eigenvalue weighted by Crippen LogP contribution is 2.25. The Morgan fingerprint density at radius 2 is 2.09 bits per heavy atom. The van der Waals surface area contributed by atoms with E-state index < -0.39 is 0 Å². The van der Waals surface area contributed by atoms with Crippen LogP contribution in [0.5, 0.6) is 0 Å².